The molecule has 142 valence electrons. The zero-order valence-electron chi connectivity index (χ0n) is 15.7. The van der Waals surface area contributed by atoms with Gasteiger partial charge in [0.25, 0.3) is 0 Å². The average Bonchev–Trinajstić information content (AvgIpc) is 3.30. The Hall–Kier alpha value is -2.60. The summed E-state index contributed by atoms with van der Waals surface area (Å²) in [7, 11) is 0. The number of aromatic amines is 1. The van der Waals surface area contributed by atoms with E-state index >= 15 is 0 Å². The SMILES string of the molecule is CCCNC(=O)CNC(=O)CCc1c(-c2cccs2)[nH]c2ccc(C)cc12. The Kier molecular flexibility index (Phi) is 6.29. The molecule has 3 aromatic rings. The third-order valence-corrected chi connectivity index (χ3v) is 5.34. The molecule has 2 heterocycles. The molecule has 0 fully saturated rings. The van der Waals surface area contributed by atoms with Crippen molar-refractivity contribution in [3.63, 3.8) is 0 Å². The summed E-state index contributed by atoms with van der Waals surface area (Å²) < 4.78 is 0. The van der Waals surface area contributed by atoms with Crippen molar-refractivity contribution in [1.29, 1.82) is 0 Å². The van der Waals surface area contributed by atoms with Crippen molar-refractivity contribution in [2.75, 3.05) is 13.1 Å². The number of H-pyrrole nitrogens is 1. The van der Waals surface area contributed by atoms with Crippen molar-refractivity contribution in [3.8, 4) is 10.6 Å². The van der Waals surface area contributed by atoms with Crippen molar-refractivity contribution >= 4 is 34.1 Å². The molecule has 1 aromatic carbocycles. The number of aromatic nitrogens is 1. The first-order valence-corrected chi connectivity index (χ1v) is 10.1. The van der Waals surface area contributed by atoms with Gasteiger partial charge in [0.05, 0.1) is 17.1 Å². The molecule has 0 aliphatic heterocycles. The molecule has 5 nitrogen and oxygen atoms in total. The Morgan fingerprint density at radius 2 is 2.00 bits per heavy atom. The molecule has 0 aliphatic carbocycles. The van der Waals surface area contributed by atoms with Gasteiger partial charge in [-0.2, -0.15) is 0 Å². The van der Waals surface area contributed by atoms with Crippen LogP contribution in [-0.2, 0) is 16.0 Å². The summed E-state index contributed by atoms with van der Waals surface area (Å²) in [6, 6.07) is 10.5. The lowest BCUT2D eigenvalue weighted by atomic mass is 10.0. The normalized spacial score (nSPS) is 10.9. The maximum absolute atomic E-state index is 12.2. The van der Waals surface area contributed by atoms with Crippen LogP contribution in [0.1, 0.15) is 30.9 Å². The largest absolute Gasteiger partial charge is 0.355 e. The highest BCUT2D eigenvalue weighted by Gasteiger charge is 2.15. The van der Waals surface area contributed by atoms with E-state index in [0.29, 0.717) is 19.4 Å². The van der Waals surface area contributed by atoms with Crippen LogP contribution in [0.4, 0.5) is 0 Å². The second-order valence-electron chi connectivity index (χ2n) is 6.63. The molecule has 2 amide bonds. The van der Waals surface area contributed by atoms with Crippen molar-refractivity contribution in [3.05, 3.63) is 46.8 Å². The first-order chi connectivity index (χ1) is 13.1. The number of carbonyl (C=O) groups is 2. The summed E-state index contributed by atoms with van der Waals surface area (Å²) in [6.07, 6.45) is 1.85. The van der Waals surface area contributed by atoms with Crippen molar-refractivity contribution in [2.24, 2.45) is 0 Å². The third-order valence-electron chi connectivity index (χ3n) is 4.45. The first-order valence-electron chi connectivity index (χ1n) is 9.27. The summed E-state index contributed by atoms with van der Waals surface area (Å²) >= 11 is 1.68. The Bertz CT molecular complexity index is 928. The molecule has 0 atom stereocenters. The van der Waals surface area contributed by atoms with Crippen LogP contribution in [0.15, 0.2) is 35.7 Å². The molecule has 6 heteroatoms. The third kappa shape index (κ3) is 4.77. The minimum Gasteiger partial charge on any atom is -0.355 e. The molecular formula is C21H25N3O2S. The Labute approximate surface area is 163 Å². The van der Waals surface area contributed by atoms with Gasteiger partial charge in [-0.15, -0.1) is 11.3 Å². The van der Waals surface area contributed by atoms with Crippen LogP contribution >= 0.6 is 11.3 Å². The van der Waals surface area contributed by atoms with E-state index in [2.05, 4.69) is 52.2 Å². The van der Waals surface area contributed by atoms with Crippen LogP contribution in [0.2, 0.25) is 0 Å². The summed E-state index contributed by atoms with van der Waals surface area (Å²) in [5.41, 5.74) is 4.51. The van der Waals surface area contributed by atoms with Crippen LogP contribution in [0.3, 0.4) is 0 Å². The zero-order chi connectivity index (χ0) is 19.2. The van der Waals surface area contributed by atoms with Crippen LogP contribution in [0.5, 0.6) is 0 Å². The zero-order valence-corrected chi connectivity index (χ0v) is 16.5. The molecule has 3 N–H and O–H groups in total. The molecule has 0 aliphatic rings. The predicted molar refractivity (Wildman–Crippen MR) is 111 cm³/mol. The Morgan fingerprint density at radius 1 is 1.15 bits per heavy atom. The van der Waals surface area contributed by atoms with Gasteiger partial charge in [-0.1, -0.05) is 24.6 Å². The number of nitrogens with one attached hydrogen (secondary N) is 3. The highest BCUT2D eigenvalue weighted by molar-refractivity contribution is 7.13. The lowest BCUT2D eigenvalue weighted by Gasteiger charge is -2.07. The summed E-state index contributed by atoms with van der Waals surface area (Å²) in [4.78, 5) is 28.5. The molecule has 3 rings (SSSR count). The molecular weight excluding hydrogens is 358 g/mol. The number of hydrogen-bond donors (Lipinski definition) is 3. The minimum absolute atomic E-state index is 0.0314. The smallest absolute Gasteiger partial charge is 0.239 e. The van der Waals surface area contributed by atoms with E-state index in [1.54, 1.807) is 11.3 Å². The topological polar surface area (TPSA) is 74.0 Å². The maximum atomic E-state index is 12.2. The van der Waals surface area contributed by atoms with Gasteiger partial charge >= 0.3 is 0 Å². The van der Waals surface area contributed by atoms with Crippen LogP contribution in [0.25, 0.3) is 21.5 Å². The maximum Gasteiger partial charge on any atom is 0.239 e. The van der Waals surface area contributed by atoms with E-state index in [1.165, 1.54) is 10.4 Å². The molecule has 0 unspecified atom stereocenters. The van der Waals surface area contributed by atoms with Gasteiger partial charge in [-0.25, -0.2) is 0 Å². The van der Waals surface area contributed by atoms with Crippen LogP contribution in [-0.4, -0.2) is 29.9 Å². The molecule has 27 heavy (non-hydrogen) atoms. The first kappa shape index (κ1) is 19.2. The van der Waals surface area contributed by atoms with E-state index in [9.17, 15) is 9.59 Å². The number of amides is 2. The number of rotatable bonds is 8. The standard InChI is InChI=1S/C21H25N3O2S/c1-3-10-22-20(26)13-23-19(25)9-7-15-16-12-14(2)6-8-17(16)24-21(15)18-5-4-11-27-18/h4-6,8,11-12,24H,3,7,9-10,13H2,1-2H3,(H,22,26)(H,23,25). The minimum atomic E-state index is -0.146. The number of benzene rings is 1. The van der Waals surface area contributed by atoms with E-state index in [4.69, 9.17) is 0 Å². The molecule has 0 spiro atoms. The fourth-order valence-electron chi connectivity index (χ4n) is 3.09. The lowest BCUT2D eigenvalue weighted by Crippen LogP contribution is -2.37. The van der Waals surface area contributed by atoms with Crippen molar-refractivity contribution in [1.82, 2.24) is 15.6 Å². The average molecular weight is 384 g/mol. The number of aryl methyl sites for hydroxylation is 2. The van der Waals surface area contributed by atoms with Gasteiger partial charge in [0, 0.05) is 23.9 Å². The van der Waals surface area contributed by atoms with E-state index in [0.717, 1.165) is 28.6 Å². The predicted octanol–water partition coefficient (Wildman–Crippen LogP) is 3.78. The number of thiophene rings is 1. The summed E-state index contributed by atoms with van der Waals surface area (Å²) in [5.74, 6) is -0.257. The number of hydrogen-bond acceptors (Lipinski definition) is 3. The summed E-state index contributed by atoms with van der Waals surface area (Å²) in [6.45, 7) is 4.73. The monoisotopic (exact) mass is 383 g/mol. The highest BCUT2D eigenvalue weighted by atomic mass is 32.1. The second-order valence-corrected chi connectivity index (χ2v) is 7.58. The Balaban J connectivity index is 1.72. The van der Waals surface area contributed by atoms with Crippen LogP contribution < -0.4 is 10.6 Å². The van der Waals surface area contributed by atoms with Gasteiger partial charge in [-0.3, -0.25) is 9.59 Å². The molecule has 0 saturated heterocycles. The molecule has 0 radical (unpaired) electrons. The number of fused-ring (bicyclic) bond motifs is 1. The lowest BCUT2D eigenvalue weighted by molar-refractivity contribution is -0.126. The van der Waals surface area contributed by atoms with E-state index < -0.39 is 0 Å². The van der Waals surface area contributed by atoms with Gasteiger partial charge in [0.15, 0.2) is 0 Å². The molecule has 0 bridgehead atoms. The fourth-order valence-corrected chi connectivity index (χ4v) is 3.84. The quantitative estimate of drug-likeness (QED) is 0.554. The molecule has 2 aromatic heterocycles. The van der Waals surface area contributed by atoms with Crippen molar-refractivity contribution < 1.29 is 9.59 Å². The second kappa shape index (κ2) is 8.86. The number of carbonyl (C=O) groups excluding carboxylic acids is 2. The fraction of sp³-hybridized carbons (Fsp3) is 0.333. The van der Waals surface area contributed by atoms with Gasteiger partial charge in [-0.05, 0) is 48.9 Å². The van der Waals surface area contributed by atoms with Crippen molar-refractivity contribution in [2.45, 2.75) is 33.1 Å². The van der Waals surface area contributed by atoms with E-state index in [-0.39, 0.29) is 18.4 Å². The van der Waals surface area contributed by atoms with Gasteiger partial charge in [0.2, 0.25) is 11.8 Å². The van der Waals surface area contributed by atoms with Gasteiger partial charge in [0.1, 0.15) is 0 Å². The Morgan fingerprint density at radius 3 is 2.74 bits per heavy atom. The summed E-state index contributed by atoms with van der Waals surface area (Å²) in [5, 5.41) is 8.68. The van der Waals surface area contributed by atoms with E-state index in [1.807, 2.05) is 13.0 Å². The van der Waals surface area contributed by atoms with Crippen LogP contribution in [0, 0.1) is 6.92 Å². The molecule has 0 saturated carbocycles. The highest BCUT2D eigenvalue weighted by Crippen LogP contribution is 2.34. The van der Waals surface area contributed by atoms with Gasteiger partial charge < -0.3 is 15.6 Å².